The Kier molecular flexibility index (Phi) is 3.94. The summed E-state index contributed by atoms with van der Waals surface area (Å²) in [6.45, 7) is 4.24. The minimum absolute atomic E-state index is 0.303. The van der Waals surface area contributed by atoms with Crippen LogP contribution in [0.25, 0.3) is 11.5 Å². The van der Waals surface area contributed by atoms with Gasteiger partial charge in [0, 0.05) is 22.4 Å². The summed E-state index contributed by atoms with van der Waals surface area (Å²) in [4.78, 5) is 4.56. The molecule has 6 heteroatoms. The molecule has 0 bridgehead atoms. The fourth-order valence-electron chi connectivity index (χ4n) is 2.23. The van der Waals surface area contributed by atoms with Gasteiger partial charge in [-0.2, -0.15) is 16.7 Å². The van der Waals surface area contributed by atoms with Crippen LogP contribution in [0.5, 0.6) is 0 Å². The minimum Gasteiger partial charge on any atom is -0.398 e. The molecule has 1 aromatic heterocycles. The number of nitrogens with zero attached hydrogens (tertiary/aromatic N) is 2. The normalized spacial score (nSPS) is 22.9. The zero-order chi connectivity index (χ0) is 14.1. The van der Waals surface area contributed by atoms with E-state index >= 15 is 0 Å². The maximum Gasteiger partial charge on any atom is 0.260 e. The van der Waals surface area contributed by atoms with Crippen LogP contribution in [-0.2, 0) is 0 Å². The highest BCUT2D eigenvalue weighted by Gasteiger charge is 2.28. The first-order chi connectivity index (χ1) is 9.65. The molecule has 2 heterocycles. The molecule has 1 aliphatic rings. The lowest BCUT2D eigenvalue weighted by atomic mass is 10.1. The van der Waals surface area contributed by atoms with Gasteiger partial charge in [-0.25, -0.2) is 0 Å². The van der Waals surface area contributed by atoms with Crippen LogP contribution in [0.4, 0.5) is 5.69 Å². The van der Waals surface area contributed by atoms with E-state index in [9.17, 15) is 0 Å². The monoisotopic (exact) mass is 307 g/mol. The molecule has 0 saturated carbocycles. The van der Waals surface area contributed by atoms with Crippen molar-refractivity contribution in [3.05, 3.63) is 29.6 Å². The average molecular weight is 307 g/mol. The van der Waals surface area contributed by atoms with Crippen LogP contribution in [0.2, 0.25) is 0 Å². The molecule has 0 spiro atoms. The molecule has 4 nitrogen and oxygen atoms in total. The zero-order valence-corrected chi connectivity index (χ0v) is 13.1. The van der Waals surface area contributed by atoms with Gasteiger partial charge < -0.3 is 10.3 Å². The van der Waals surface area contributed by atoms with E-state index < -0.39 is 0 Å². The molecule has 2 unspecified atom stereocenters. The van der Waals surface area contributed by atoms with E-state index in [1.807, 2.05) is 48.6 Å². The number of hydrogen-bond acceptors (Lipinski definition) is 6. The lowest BCUT2D eigenvalue weighted by Gasteiger charge is -2.24. The Morgan fingerprint density at radius 1 is 1.30 bits per heavy atom. The topological polar surface area (TPSA) is 64.9 Å². The molecule has 1 aromatic carbocycles. The van der Waals surface area contributed by atoms with Gasteiger partial charge in [-0.05, 0) is 19.1 Å². The average Bonchev–Trinajstić information content (AvgIpc) is 2.91. The quantitative estimate of drug-likeness (QED) is 0.856. The third-order valence-corrected chi connectivity index (χ3v) is 6.41. The van der Waals surface area contributed by atoms with Crippen molar-refractivity contribution >= 4 is 29.2 Å². The summed E-state index contributed by atoms with van der Waals surface area (Å²) in [6.07, 6.45) is 0. The van der Waals surface area contributed by atoms with Crippen molar-refractivity contribution in [1.82, 2.24) is 10.1 Å². The van der Waals surface area contributed by atoms with Crippen LogP contribution in [-0.4, -0.2) is 26.9 Å². The van der Waals surface area contributed by atoms with Crippen molar-refractivity contribution in [2.45, 2.75) is 24.3 Å². The second kappa shape index (κ2) is 5.69. The highest BCUT2D eigenvalue weighted by Crippen LogP contribution is 2.41. The van der Waals surface area contributed by atoms with Crippen molar-refractivity contribution in [3.8, 4) is 11.5 Å². The zero-order valence-electron chi connectivity index (χ0n) is 11.5. The Hall–Kier alpha value is -1.14. The highest BCUT2D eigenvalue weighted by molar-refractivity contribution is 8.06. The van der Waals surface area contributed by atoms with Crippen LogP contribution >= 0.6 is 23.5 Å². The molecular formula is C14H17N3OS2. The largest absolute Gasteiger partial charge is 0.398 e. The fourth-order valence-corrected chi connectivity index (χ4v) is 4.91. The third kappa shape index (κ3) is 2.67. The number of benzene rings is 1. The summed E-state index contributed by atoms with van der Waals surface area (Å²) in [5, 5.41) is 4.97. The molecule has 3 rings (SSSR count). The van der Waals surface area contributed by atoms with E-state index in [0.717, 1.165) is 22.7 Å². The second-order valence-electron chi connectivity index (χ2n) is 4.92. The molecule has 1 aliphatic heterocycles. The number of nitrogen functional groups attached to an aromatic ring is 1. The molecule has 106 valence electrons. The number of aromatic nitrogens is 2. The summed E-state index contributed by atoms with van der Waals surface area (Å²) >= 11 is 3.87. The molecule has 2 aromatic rings. The van der Waals surface area contributed by atoms with Crippen molar-refractivity contribution in [1.29, 1.82) is 0 Å². The molecule has 0 radical (unpaired) electrons. The van der Waals surface area contributed by atoms with E-state index in [1.165, 1.54) is 5.75 Å². The minimum atomic E-state index is 0.303. The summed E-state index contributed by atoms with van der Waals surface area (Å²) in [5.41, 5.74) is 8.62. The van der Waals surface area contributed by atoms with Crippen LogP contribution in [0.3, 0.4) is 0 Å². The van der Waals surface area contributed by atoms with Crippen LogP contribution in [0.15, 0.2) is 22.7 Å². The summed E-state index contributed by atoms with van der Waals surface area (Å²) < 4.78 is 5.42. The van der Waals surface area contributed by atoms with E-state index in [4.69, 9.17) is 10.3 Å². The van der Waals surface area contributed by atoms with Gasteiger partial charge >= 0.3 is 0 Å². The van der Waals surface area contributed by atoms with Crippen LogP contribution in [0, 0.1) is 6.92 Å². The number of rotatable bonds is 2. The predicted octanol–water partition coefficient (Wildman–Crippen LogP) is 3.54. The van der Waals surface area contributed by atoms with E-state index in [0.29, 0.717) is 22.1 Å². The van der Waals surface area contributed by atoms with Gasteiger partial charge in [0.1, 0.15) is 0 Å². The number of thioether (sulfide) groups is 2. The number of anilines is 1. The Labute approximate surface area is 126 Å². The van der Waals surface area contributed by atoms with Gasteiger partial charge in [0.25, 0.3) is 5.89 Å². The first-order valence-electron chi connectivity index (χ1n) is 6.58. The number of nitrogens with two attached hydrogens (primary N) is 1. The molecule has 1 saturated heterocycles. The Bertz CT molecular complexity index is 614. The molecule has 0 amide bonds. The standard InChI is InChI=1S/C14H17N3OS2/c1-8-3-4-11(15)10(7-8)14-16-13(17-18-14)12-9(2)19-5-6-20-12/h3-4,7,9,12H,5-6,15H2,1-2H3. The van der Waals surface area contributed by atoms with E-state index in [-0.39, 0.29) is 0 Å². The van der Waals surface area contributed by atoms with Crippen molar-refractivity contribution < 1.29 is 4.52 Å². The molecule has 2 N–H and O–H groups in total. The van der Waals surface area contributed by atoms with Gasteiger partial charge in [0.2, 0.25) is 0 Å². The third-order valence-electron chi connectivity index (χ3n) is 3.32. The van der Waals surface area contributed by atoms with Crippen molar-refractivity contribution in [3.63, 3.8) is 0 Å². The number of aryl methyl sites for hydroxylation is 1. The van der Waals surface area contributed by atoms with Crippen LogP contribution in [0.1, 0.15) is 23.6 Å². The SMILES string of the molecule is Cc1ccc(N)c(-c2nc(C3SCCSC3C)no2)c1. The van der Waals surface area contributed by atoms with Crippen molar-refractivity contribution in [2.75, 3.05) is 17.2 Å². The molecule has 2 atom stereocenters. The van der Waals surface area contributed by atoms with Gasteiger partial charge in [0.05, 0.1) is 10.8 Å². The van der Waals surface area contributed by atoms with Gasteiger partial charge in [-0.1, -0.05) is 23.7 Å². The summed E-state index contributed by atoms with van der Waals surface area (Å²) in [6, 6.07) is 5.84. The maximum absolute atomic E-state index is 6.00. The van der Waals surface area contributed by atoms with E-state index in [1.54, 1.807) is 0 Å². The lowest BCUT2D eigenvalue weighted by molar-refractivity contribution is 0.422. The Morgan fingerprint density at radius 3 is 2.90 bits per heavy atom. The molecule has 20 heavy (non-hydrogen) atoms. The smallest absolute Gasteiger partial charge is 0.260 e. The second-order valence-corrected chi connectivity index (χ2v) is 7.65. The highest BCUT2D eigenvalue weighted by atomic mass is 32.2. The number of hydrogen-bond donors (Lipinski definition) is 1. The maximum atomic E-state index is 6.00. The summed E-state index contributed by atoms with van der Waals surface area (Å²) in [5.74, 6) is 3.63. The fraction of sp³-hybridized carbons (Fsp3) is 0.429. The van der Waals surface area contributed by atoms with Crippen LogP contribution < -0.4 is 5.73 Å². The van der Waals surface area contributed by atoms with Gasteiger partial charge in [0.15, 0.2) is 5.82 Å². The Morgan fingerprint density at radius 2 is 2.10 bits per heavy atom. The van der Waals surface area contributed by atoms with Gasteiger partial charge in [-0.3, -0.25) is 0 Å². The summed E-state index contributed by atoms with van der Waals surface area (Å²) in [7, 11) is 0. The predicted molar refractivity (Wildman–Crippen MR) is 86.0 cm³/mol. The molecule has 1 fully saturated rings. The van der Waals surface area contributed by atoms with Gasteiger partial charge in [-0.15, -0.1) is 11.8 Å². The Balaban J connectivity index is 1.91. The first-order valence-corrected chi connectivity index (χ1v) is 8.68. The van der Waals surface area contributed by atoms with Crippen molar-refractivity contribution in [2.24, 2.45) is 0 Å². The molecular weight excluding hydrogens is 290 g/mol. The molecule has 0 aliphatic carbocycles. The lowest BCUT2D eigenvalue weighted by Crippen LogP contribution is -2.16. The first kappa shape index (κ1) is 13.8. The van der Waals surface area contributed by atoms with E-state index in [2.05, 4.69) is 17.1 Å².